The minimum absolute atomic E-state index is 0.216. The van der Waals surface area contributed by atoms with Gasteiger partial charge in [-0.15, -0.1) is 0 Å². The van der Waals surface area contributed by atoms with E-state index >= 15 is 0 Å². The summed E-state index contributed by atoms with van der Waals surface area (Å²) in [5.74, 6) is 0.0622. The van der Waals surface area contributed by atoms with Crippen LogP contribution in [0.3, 0.4) is 0 Å². The number of thiazole rings is 1. The Morgan fingerprint density at radius 2 is 2.03 bits per heavy atom. The van der Waals surface area contributed by atoms with Crippen molar-refractivity contribution in [3.63, 3.8) is 0 Å². The van der Waals surface area contributed by atoms with Crippen LogP contribution < -0.4 is 19.6 Å². The average molecular weight is 469 g/mol. The van der Waals surface area contributed by atoms with E-state index in [0.717, 1.165) is 5.56 Å². The number of fused-ring (bicyclic) bond motifs is 1. The summed E-state index contributed by atoms with van der Waals surface area (Å²) >= 11 is 7.36. The van der Waals surface area contributed by atoms with Gasteiger partial charge in [-0.2, -0.15) is 0 Å². The third-order valence-electron chi connectivity index (χ3n) is 5.10. The molecule has 1 unspecified atom stereocenters. The Kier molecular flexibility index (Phi) is 6.30. The summed E-state index contributed by atoms with van der Waals surface area (Å²) in [4.78, 5) is 31.6. The second kappa shape index (κ2) is 9.14. The van der Waals surface area contributed by atoms with Crippen molar-refractivity contribution in [3.05, 3.63) is 95.6 Å². The van der Waals surface area contributed by atoms with Gasteiger partial charge in [0.25, 0.3) is 5.56 Å². The molecule has 1 aromatic heterocycles. The van der Waals surface area contributed by atoms with Crippen LogP contribution in [-0.2, 0) is 9.53 Å². The van der Waals surface area contributed by atoms with Crippen molar-refractivity contribution in [1.82, 2.24) is 4.57 Å². The Morgan fingerprint density at radius 3 is 2.75 bits per heavy atom. The van der Waals surface area contributed by atoms with Gasteiger partial charge in [-0.05, 0) is 43.7 Å². The zero-order valence-corrected chi connectivity index (χ0v) is 19.4. The van der Waals surface area contributed by atoms with Gasteiger partial charge in [-0.25, -0.2) is 9.79 Å². The van der Waals surface area contributed by atoms with E-state index in [0.29, 0.717) is 36.9 Å². The number of para-hydroxylation sites is 1. The monoisotopic (exact) mass is 468 g/mol. The highest BCUT2D eigenvalue weighted by molar-refractivity contribution is 7.07. The molecule has 4 rings (SSSR count). The number of nitrogens with zero attached hydrogens (tertiary/aromatic N) is 2. The van der Waals surface area contributed by atoms with E-state index in [1.54, 1.807) is 45.2 Å². The highest BCUT2D eigenvalue weighted by Crippen LogP contribution is 2.35. The van der Waals surface area contributed by atoms with Crippen LogP contribution in [0.15, 0.2) is 69.6 Å². The fourth-order valence-corrected chi connectivity index (χ4v) is 4.97. The Balaban J connectivity index is 2.00. The molecule has 0 N–H and O–H groups in total. The van der Waals surface area contributed by atoms with Crippen molar-refractivity contribution < 1.29 is 14.3 Å². The van der Waals surface area contributed by atoms with E-state index in [1.807, 2.05) is 30.3 Å². The third-order valence-corrected chi connectivity index (χ3v) is 6.32. The zero-order valence-electron chi connectivity index (χ0n) is 17.8. The van der Waals surface area contributed by atoms with Crippen molar-refractivity contribution in [1.29, 1.82) is 0 Å². The molecule has 164 valence electrons. The number of methoxy groups -OCH3 is 1. The molecule has 1 aliphatic rings. The molecule has 8 heteroatoms. The lowest BCUT2D eigenvalue weighted by atomic mass is 9.95. The van der Waals surface area contributed by atoms with Crippen LogP contribution in [0.25, 0.3) is 6.08 Å². The van der Waals surface area contributed by atoms with Gasteiger partial charge >= 0.3 is 5.97 Å². The zero-order chi connectivity index (χ0) is 22.8. The number of carbonyl (C=O) groups is 1. The van der Waals surface area contributed by atoms with Crippen molar-refractivity contribution in [2.75, 3.05) is 13.7 Å². The Labute approximate surface area is 193 Å². The largest absolute Gasteiger partial charge is 0.496 e. The number of rotatable bonds is 5. The first-order valence-electron chi connectivity index (χ1n) is 10.0. The minimum Gasteiger partial charge on any atom is -0.496 e. The van der Waals surface area contributed by atoms with E-state index in [-0.39, 0.29) is 12.2 Å². The van der Waals surface area contributed by atoms with E-state index in [2.05, 4.69) is 4.99 Å². The number of ether oxygens (including phenoxy) is 2. The van der Waals surface area contributed by atoms with Gasteiger partial charge in [0.05, 0.1) is 29.5 Å². The summed E-state index contributed by atoms with van der Waals surface area (Å²) in [6, 6.07) is 13.9. The topological polar surface area (TPSA) is 69.9 Å². The number of esters is 1. The fraction of sp³-hybridized carbons (Fsp3) is 0.208. The Hall–Kier alpha value is -3.16. The van der Waals surface area contributed by atoms with E-state index < -0.39 is 12.0 Å². The third kappa shape index (κ3) is 4.01. The van der Waals surface area contributed by atoms with Crippen molar-refractivity contribution in [3.8, 4) is 5.75 Å². The molecule has 0 saturated heterocycles. The van der Waals surface area contributed by atoms with Crippen LogP contribution in [0.1, 0.15) is 31.0 Å². The molecule has 0 saturated carbocycles. The molecule has 3 aromatic rings. The molecule has 32 heavy (non-hydrogen) atoms. The molecule has 1 aliphatic heterocycles. The Morgan fingerprint density at radius 1 is 1.25 bits per heavy atom. The summed E-state index contributed by atoms with van der Waals surface area (Å²) in [5.41, 5.74) is 2.06. The van der Waals surface area contributed by atoms with Crippen molar-refractivity contribution in [2.45, 2.75) is 19.9 Å². The lowest BCUT2D eigenvalue weighted by Crippen LogP contribution is -2.40. The molecule has 0 aliphatic carbocycles. The summed E-state index contributed by atoms with van der Waals surface area (Å²) in [7, 11) is 1.56. The van der Waals surface area contributed by atoms with Crippen LogP contribution >= 0.6 is 22.9 Å². The number of halogens is 1. The number of hydrogen-bond acceptors (Lipinski definition) is 6. The molecule has 2 heterocycles. The van der Waals surface area contributed by atoms with E-state index in [1.165, 1.54) is 15.9 Å². The van der Waals surface area contributed by atoms with Crippen molar-refractivity contribution >= 4 is 35.0 Å². The molecule has 0 amide bonds. The van der Waals surface area contributed by atoms with Crippen LogP contribution in [0.2, 0.25) is 5.02 Å². The van der Waals surface area contributed by atoms with Crippen molar-refractivity contribution in [2.24, 2.45) is 4.99 Å². The number of hydrogen-bond donors (Lipinski definition) is 0. The molecular formula is C24H21ClN2O4S. The first kappa shape index (κ1) is 22.0. The van der Waals surface area contributed by atoms with Gasteiger partial charge in [0.1, 0.15) is 11.8 Å². The average Bonchev–Trinajstić information content (AvgIpc) is 3.07. The predicted octanol–water partition coefficient (Wildman–Crippen LogP) is 3.46. The van der Waals surface area contributed by atoms with Crippen LogP contribution in [-0.4, -0.2) is 24.3 Å². The van der Waals surface area contributed by atoms with Crippen LogP contribution in [0.4, 0.5) is 0 Å². The lowest BCUT2D eigenvalue weighted by Gasteiger charge is -2.25. The maximum Gasteiger partial charge on any atom is 0.338 e. The SMILES string of the molecule is CCOC(=O)C1=C(C)N=c2sc(=Cc3cccc(Cl)c3)c(=O)n2C1c1ccccc1OC. The van der Waals surface area contributed by atoms with Crippen LogP contribution in [0.5, 0.6) is 5.75 Å². The number of carbonyl (C=O) groups excluding carboxylic acids is 1. The maximum absolute atomic E-state index is 13.6. The quantitative estimate of drug-likeness (QED) is 0.538. The number of benzene rings is 2. The summed E-state index contributed by atoms with van der Waals surface area (Å²) in [6.07, 6.45) is 1.78. The summed E-state index contributed by atoms with van der Waals surface area (Å²) in [6.45, 7) is 3.71. The minimum atomic E-state index is -0.719. The first-order valence-corrected chi connectivity index (χ1v) is 11.2. The van der Waals surface area contributed by atoms with Gasteiger partial charge < -0.3 is 9.47 Å². The standard InChI is InChI=1S/C24H21ClN2O4S/c1-4-31-23(29)20-14(2)26-24-27(21(20)17-10-5-6-11-18(17)30-3)22(28)19(32-24)13-15-8-7-9-16(25)12-15/h5-13,21H,4H2,1-3H3. The van der Waals surface area contributed by atoms with Crippen LogP contribution in [0, 0.1) is 0 Å². The molecule has 0 bridgehead atoms. The molecule has 6 nitrogen and oxygen atoms in total. The highest BCUT2D eigenvalue weighted by atomic mass is 35.5. The second-order valence-electron chi connectivity index (χ2n) is 7.10. The molecule has 0 fully saturated rings. The summed E-state index contributed by atoms with van der Waals surface area (Å²) in [5, 5.41) is 0.582. The molecule has 2 aromatic carbocycles. The van der Waals surface area contributed by atoms with Gasteiger partial charge in [0.2, 0.25) is 0 Å². The molecular weight excluding hydrogens is 448 g/mol. The molecule has 1 atom stereocenters. The predicted molar refractivity (Wildman–Crippen MR) is 125 cm³/mol. The first-order chi connectivity index (χ1) is 15.4. The lowest BCUT2D eigenvalue weighted by molar-refractivity contribution is -0.139. The maximum atomic E-state index is 13.6. The second-order valence-corrected chi connectivity index (χ2v) is 8.54. The van der Waals surface area contributed by atoms with E-state index in [4.69, 9.17) is 21.1 Å². The smallest absolute Gasteiger partial charge is 0.338 e. The highest BCUT2D eigenvalue weighted by Gasteiger charge is 2.34. The van der Waals surface area contributed by atoms with Gasteiger partial charge in [0, 0.05) is 10.6 Å². The molecule has 0 spiro atoms. The van der Waals surface area contributed by atoms with Gasteiger partial charge in [0.15, 0.2) is 4.80 Å². The normalized spacial score (nSPS) is 15.9. The number of aromatic nitrogens is 1. The molecule has 0 radical (unpaired) electrons. The van der Waals surface area contributed by atoms with Gasteiger partial charge in [-0.3, -0.25) is 9.36 Å². The van der Waals surface area contributed by atoms with Gasteiger partial charge in [-0.1, -0.05) is 53.3 Å². The fourth-order valence-electron chi connectivity index (χ4n) is 3.73. The number of allylic oxidation sites excluding steroid dienone is 1. The Bertz CT molecular complexity index is 1400. The summed E-state index contributed by atoms with van der Waals surface area (Å²) < 4.78 is 12.9. The van der Waals surface area contributed by atoms with E-state index in [9.17, 15) is 9.59 Å².